The highest BCUT2D eigenvalue weighted by atomic mass is 32.1. The van der Waals surface area contributed by atoms with Crippen LogP contribution in [0.5, 0.6) is 0 Å². The van der Waals surface area contributed by atoms with Gasteiger partial charge in [-0.3, -0.25) is 0 Å². The standard InChI is InChI=1S/C14H18N2OS/c1-9(2)11-4-6-12(7-5-11)10(3)8-13-15-16-14(18)17-13/h4-7,9-10H,8H2,1-3H3,(H,16,18). The van der Waals surface area contributed by atoms with E-state index < -0.39 is 0 Å². The zero-order valence-corrected chi connectivity index (χ0v) is 11.8. The molecule has 0 saturated carbocycles. The molecule has 0 fully saturated rings. The van der Waals surface area contributed by atoms with Gasteiger partial charge in [0.05, 0.1) is 0 Å². The van der Waals surface area contributed by atoms with Crippen molar-refractivity contribution in [2.24, 2.45) is 0 Å². The van der Waals surface area contributed by atoms with Crippen molar-refractivity contribution in [1.82, 2.24) is 10.2 Å². The molecule has 0 radical (unpaired) electrons. The summed E-state index contributed by atoms with van der Waals surface area (Å²) >= 11 is 4.86. The summed E-state index contributed by atoms with van der Waals surface area (Å²) in [6.07, 6.45) is 0.758. The minimum absolute atomic E-state index is 0.340. The molecular weight excluding hydrogens is 244 g/mol. The molecule has 1 N–H and O–H groups in total. The Bertz CT molecular complexity index is 554. The van der Waals surface area contributed by atoms with Crippen molar-refractivity contribution in [3.63, 3.8) is 0 Å². The highest BCUT2D eigenvalue weighted by Crippen LogP contribution is 2.22. The van der Waals surface area contributed by atoms with Crippen LogP contribution in [0.1, 0.15) is 49.6 Å². The minimum atomic E-state index is 0.340. The van der Waals surface area contributed by atoms with E-state index in [9.17, 15) is 0 Å². The number of benzene rings is 1. The average molecular weight is 262 g/mol. The van der Waals surface area contributed by atoms with Gasteiger partial charge in [-0.2, -0.15) is 0 Å². The van der Waals surface area contributed by atoms with Crippen LogP contribution in [0.4, 0.5) is 0 Å². The zero-order chi connectivity index (χ0) is 13.1. The predicted octanol–water partition coefficient (Wildman–Crippen LogP) is 4.20. The topological polar surface area (TPSA) is 41.8 Å². The van der Waals surface area contributed by atoms with Crippen molar-refractivity contribution in [3.05, 3.63) is 46.1 Å². The largest absolute Gasteiger partial charge is 0.414 e. The van der Waals surface area contributed by atoms with Gasteiger partial charge in [-0.1, -0.05) is 45.0 Å². The van der Waals surface area contributed by atoms with Gasteiger partial charge in [0.2, 0.25) is 5.89 Å². The Morgan fingerprint density at radius 3 is 2.28 bits per heavy atom. The molecule has 96 valence electrons. The number of H-pyrrole nitrogens is 1. The lowest BCUT2D eigenvalue weighted by Crippen LogP contribution is -1.99. The van der Waals surface area contributed by atoms with E-state index in [1.807, 2.05) is 0 Å². The fourth-order valence-electron chi connectivity index (χ4n) is 1.94. The molecule has 4 heteroatoms. The monoisotopic (exact) mass is 262 g/mol. The maximum atomic E-state index is 5.29. The molecule has 0 saturated heterocycles. The third-order valence-electron chi connectivity index (χ3n) is 3.14. The quantitative estimate of drug-likeness (QED) is 0.839. The number of rotatable bonds is 4. The fraction of sp³-hybridized carbons (Fsp3) is 0.429. The molecule has 0 spiro atoms. The van der Waals surface area contributed by atoms with E-state index >= 15 is 0 Å². The maximum absolute atomic E-state index is 5.29. The van der Waals surface area contributed by atoms with Crippen LogP contribution in [0.25, 0.3) is 0 Å². The second-order valence-corrected chi connectivity index (χ2v) is 5.30. The van der Waals surface area contributed by atoms with Crippen LogP contribution < -0.4 is 0 Å². The highest BCUT2D eigenvalue weighted by Gasteiger charge is 2.10. The molecule has 3 nitrogen and oxygen atoms in total. The molecule has 2 rings (SSSR count). The minimum Gasteiger partial charge on any atom is -0.414 e. The summed E-state index contributed by atoms with van der Waals surface area (Å²) in [4.78, 5) is 0.340. The van der Waals surface area contributed by atoms with Crippen LogP contribution >= 0.6 is 12.2 Å². The number of hydrogen-bond donors (Lipinski definition) is 1. The van der Waals surface area contributed by atoms with Gasteiger partial charge in [0.25, 0.3) is 4.84 Å². The number of nitrogens with one attached hydrogen (secondary N) is 1. The summed E-state index contributed by atoms with van der Waals surface area (Å²) in [5.41, 5.74) is 2.66. The van der Waals surface area contributed by atoms with E-state index in [0.717, 1.165) is 6.42 Å². The molecule has 1 unspecified atom stereocenters. The van der Waals surface area contributed by atoms with Crippen molar-refractivity contribution in [2.75, 3.05) is 0 Å². The summed E-state index contributed by atoms with van der Waals surface area (Å²) < 4.78 is 5.29. The van der Waals surface area contributed by atoms with Crippen LogP contribution in [-0.4, -0.2) is 10.2 Å². The van der Waals surface area contributed by atoms with Gasteiger partial charge in [-0.25, -0.2) is 5.10 Å². The number of nitrogens with zero attached hydrogens (tertiary/aromatic N) is 1. The van der Waals surface area contributed by atoms with Crippen molar-refractivity contribution in [1.29, 1.82) is 0 Å². The molecule has 1 aromatic heterocycles. The molecule has 0 bridgehead atoms. The molecule has 0 aliphatic carbocycles. The predicted molar refractivity (Wildman–Crippen MR) is 74.3 cm³/mol. The molecule has 0 aliphatic rings. The third-order valence-corrected chi connectivity index (χ3v) is 3.31. The fourth-order valence-corrected chi connectivity index (χ4v) is 2.08. The smallest absolute Gasteiger partial charge is 0.284 e. The summed E-state index contributed by atoms with van der Waals surface area (Å²) in [5, 5.41) is 6.68. The van der Waals surface area contributed by atoms with Gasteiger partial charge in [0, 0.05) is 6.42 Å². The van der Waals surface area contributed by atoms with Crippen LogP contribution in [0.15, 0.2) is 28.7 Å². The van der Waals surface area contributed by atoms with E-state index in [0.29, 0.717) is 22.6 Å². The van der Waals surface area contributed by atoms with E-state index in [4.69, 9.17) is 16.6 Å². The lowest BCUT2D eigenvalue weighted by Gasteiger charge is -2.11. The van der Waals surface area contributed by atoms with Crippen LogP contribution in [0, 0.1) is 4.84 Å². The Morgan fingerprint density at radius 1 is 1.17 bits per heavy atom. The molecule has 1 aromatic carbocycles. The first-order valence-electron chi connectivity index (χ1n) is 6.20. The molecule has 1 heterocycles. The number of aromatic amines is 1. The Balaban J connectivity index is 2.09. The molecule has 0 amide bonds. The second-order valence-electron chi connectivity index (χ2n) is 4.93. The van der Waals surface area contributed by atoms with E-state index in [1.165, 1.54) is 11.1 Å². The summed E-state index contributed by atoms with van der Waals surface area (Å²) in [6, 6.07) is 8.75. The summed E-state index contributed by atoms with van der Waals surface area (Å²) in [6.45, 7) is 6.57. The summed E-state index contributed by atoms with van der Waals surface area (Å²) in [5.74, 6) is 1.60. The Hall–Kier alpha value is -1.42. The number of hydrogen-bond acceptors (Lipinski definition) is 3. The van der Waals surface area contributed by atoms with Crippen molar-refractivity contribution >= 4 is 12.2 Å². The average Bonchev–Trinajstić information content (AvgIpc) is 2.75. The molecule has 0 aliphatic heterocycles. The first kappa shape index (κ1) is 13.0. The van der Waals surface area contributed by atoms with E-state index in [-0.39, 0.29) is 0 Å². The highest BCUT2D eigenvalue weighted by molar-refractivity contribution is 7.71. The Kier molecular flexibility index (Phi) is 3.97. The van der Waals surface area contributed by atoms with Gasteiger partial charge in [0.1, 0.15) is 0 Å². The van der Waals surface area contributed by atoms with E-state index in [2.05, 4.69) is 55.2 Å². The Morgan fingerprint density at radius 2 is 1.78 bits per heavy atom. The summed E-state index contributed by atoms with van der Waals surface area (Å²) in [7, 11) is 0. The first-order chi connectivity index (χ1) is 8.56. The molecule has 1 atom stereocenters. The zero-order valence-electron chi connectivity index (χ0n) is 10.9. The van der Waals surface area contributed by atoms with Gasteiger partial charge in [-0.05, 0) is 35.2 Å². The normalized spacial score (nSPS) is 12.9. The molecule has 2 aromatic rings. The van der Waals surface area contributed by atoms with Gasteiger partial charge < -0.3 is 4.42 Å². The molecular formula is C14H18N2OS. The van der Waals surface area contributed by atoms with Crippen molar-refractivity contribution in [3.8, 4) is 0 Å². The van der Waals surface area contributed by atoms with Crippen LogP contribution in [-0.2, 0) is 6.42 Å². The molecule has 18 heavy (non-hydrogen) atoms. The van der Waals surface area contributed by atoms with Gasteiger partial charge in [-0.15, -0.1) is 5.10 Å². The first-order valence-corrected chi connectivity index (χ1v) is 6.61. The van der Waals surface area contributed by atoms with Gasteiger partial charge >= 0.3 is 0 Å². The third kappa shape index (κ3) is 3.07. The van der Waals surface area contributed by atoms with Crippen LogP contribution in [0.3, 0.4) is 0 Å². The second kappa shape index (κ2) is 5.48. The number of aromatic nitrogens is 2. The van der Waals surface area contributed by atoms with Crippen molar-refractivity contribution < 1.29 is 4.42 Å². The Labute approximate surface area is 112 Å². The lowest BCUT2D eigenvalue weighted by atomic mass is 9.94. The van der Waals surface area contributed by atoms with Gasteiger partial charge in [0.15, 0.2) is 0 Å². The van der Waals surface area contributed by atoms with E-state index in [1.54, 1.807) is 0 Å². The SMILES string of the molecule is CC(C)c1ccc(C(C)Cc2n[nH]c(=S)o2)cc1. The maximum Gasteiger partial charge on any atom is 0.284 e. The van der Waals surface area contributed by atoms with Crippen molar-refractivity contribution in [2.45, 2.75) is 39.0 Å². The van der Waals surface area contributed by atoms with Crippen LogP contribution in [0.2, 0.25) is 0 Å². The lowest BCUT2D eigenvalue weighted by molar-refractivity contribution is 0.466.